The van der Waals surface area contributed by atoms with Gasteiger partial charge in [0.05, 0.1) is 10.0 Å². The number of nitrogens with zero attached hydrogens (tertiary/aromatic N) is 1. The van der Waals surface area contributed by atoms with Gasteiger partial charge in [0.15, 0.2) is 0 Å². The van der Waals surface area contributed by atoms with E-state index in [0.717, 1.165) is 11.1 Å². The number of amides is 1. The molecule has 0 atom stereocenters. The van der Waals surface area contributed by atoms with E-state index in [0.29, 0.717) is 33.7 Å². The highest BCUT2D eigenvalue weighted by atomic mass is 35.5. The molecule has 3 rings (SSSR count). The largest absolute Gasteiger partial charge is 0.489 e. The van der Waals surface area contributed by atoms with Crippen LogP contribution in [0.5, 0.6) is 5.75 Å². The van der Waals surface area contributed by atoms with Gasteiger partial charge in [0.1, 0.15) is 24.0 Å². The molecule has 0 aromatic heterocycles. The molecule has 0 aliphatic heterocycles. The van der Waals surface area contributed by atoms with Gasteiger partial charge < -0.3 is 10.1 Å². The number of hydrogen-bond donors (Lipinski definition) is 1. The van der Waals surface area contributed by atoms with E-state index in [9.17, 15) is 10.1 Å². The summed E-state index contributed by atoms with van der Waals surface area (Å²) in [5.74, 6) is 0.198. The molecule has 1 amide bonds. The SMILES string of the molecule is Cc1cccc(NC(=O)/C(C#N)=C\c2ccc(OCc3ccc(Cl)c(Cl)c3)cc2)c1. The fourth-order valence-corrected chi connectivity index (χ4v) is 3.01. The maximum atomic E-state index is 12.4. The molecule has 0 spiro atoms. The number of hydrogen-bond acceptors (Lipinski definition) is 3. The topological polar surface area (TPSA) is 62.1 Å². The fourth-order valence-electron chi connectivity index (χ4n) is 2.69. The van der Waals surface area contributed by atoms with Gasteiger partial charge in [0.2, 0.25) is 0 Å². The summed E-state index contributed by atoms with van der Waals surface area (Å²) >= 11 is 11.9. The third-order valence-electron chi connectivity index (χ3n) is 4.22. The zero-order valence-electron chi connectivity index (χ0n) is 16.2. The molecular formula is C24H18Cl2N2O2. The number of aryl methyl sites for hydroxylation is 1. The van der Waals surface area contributed by atoms with Gasteiger partial charge >= 0.3 is 0 Å². The number of ether oxygens (including phenoxy) is 1. The van der Waals surface area contributed by atoms with Crippen LogP contribution in [-0.2, 0) is 11.4 Å². The molecule has 0 saturated heterocycles. The molecule has 150 valence electrons. The minimum absolute atomic E-state index is 0.0148. The van der Waals surface area contributed by atoms with Crippen molar-refractivity contribution >= 4 is 40.9 Å². The Morgan fingerprint density at radius 1 is 1.07 bits per heavy atom. The van der Waals surface area contributed by atoms with Crippen LogP contribution in [0.1, 0.15) is 16.7 Å². The van der Waals surface area contributed by atoms with Crippen molar-refractivity contribution < 1.29 is 9.53 Å². The minimum Gasteiger partial charge on any atom is -0.489 e. The molecule has 4 nitrogen and oxygen atoms in total. The van der Waals surface area contributed by atoms with Crippen molar-refractivity contribution in [2.45, 2.75) is 13.5 Å². The summed E-state index contributed by atoms with van der Waals surface area (Å²) in [5, 5.41) is 13.1. The quantitative estimate of drug-likeness (QED) is 0.357. The van der Waals surface area contributed by atoms with Gasteiger partial charge in [0, 0.05) is 5.69 Å². The summed E-state index contributed by atoms with van der Waals surface area (Å²) in [4.78, 5) is 12.4. The van der Waals surface area contributed by atoms with Crippen LogP contribution in [0, 0.1) is 18.3 Å². The van der Waals surface area contributed by atoms with Crippen LogP contribution in [0.15, 0.2) is 72.3 Å². The monoisotopic (exact) mass is 436 g/mol. The molecule has 0 heterocycles. The summed E-state index contributed by atoms with van der Waals surface area (Å²) in [7, 11) is 0. The Balaban J connectivity index is 1.65. The molecule has 3 aromatic carbocycles. The average molecular weight is 437 g/mol. The molecule has 0 aliphatic rings. The van der Waals surface area contributed by atoms with Gasteiger partial charge in [-0.05, 0) is 66.1 Å². The highest BCUT2D eigenvalue weighted by molar-refractivity contribution is 6.42. The van der Waals surface area contributed by atoms with Gasteiger partial charge in [-0.3, -0.25) is 4.79 Å². The third kappa shape index (κ3) is 5.87. The number of nitriles is 1. The molecular weight excluding hydrogens is 419 g/mol. The van der Waals surface area contributed by atoms with Crippen molar-refractivity contribution in [2.75, 3.05) is 5.32 Å². The van der Waals surface area contributed by atoms with Crippen LogP contribution in [-0.4, -0.2) is 5.91 Å². The van der Waals surface area contributed by atoms with Gasteiger partial charge in [-0.15, -0.1) is 0 Å². The number of halogens is 2. The normalized spacial score (nSPS) is 10.9. The second kappa shape index (κ2) is 9.98. The molecule has 0 radical (unpaired) electrons. The summed E-state index contributed by atoms with van der Waals surface area (Å²) in [6.45, 7) is 2.27. The number of carbonyl (C=O) groups excluding carboxylic acids is 1. The smallest absolute Gasteiger partial charge is 0.266 e. The van der Waals surface area contributed by atoms with E-state index in [-0.39, 0.29) is 5.57 Å². The third-order valence-corrected chi connectivity index (χ3v) is 4.96. The molecule has 3 aromatic rings. The Morgan fingerprint density at radius 3 is 2.50 bits per heavy atom. The average Bonchev–Trinajstić information content (AvgIpc) is 2.73. The Morgan fingerprint density at radius 2 is 1.83 bits per heavy atom. The molecule has 0 bridgehead atoms. The number of carbonyl (C=O) groups is 1. The van der Waals surface area contributed by atoms with Gasteiger partial charge in [0.25, 0.3) is 5.91 Å². The van der Waals surface area contributed by atoms with Crippen molar-refractivity contribution in [2.24, 2.45) is 0 Å². The second-order valence-corrected chi connectivity index (χ2v) is 7.41. The summed E-state index contributed by atoms with van der Waals surface area (Å²) in [5.41, 5.74) is 3.29. The number of anilines is 1. The fraction of sp³-hybridized carbons (Fsp3) is 0.0833. The van der Waals surface area contributed by atoms with Crippen molar-refractivity contribution in [3.8, 4) is 11.8 Å². The Kier molecular flexibility index (Phi) is 7.13. The zero-order chi connectivity index (χ0) is 21.5. The van der Waals surface area contributed by atoms with Crippen molar-refractivity contribution in [3.05, 3.63) is 99.0 Å². The minimum atomic E-state index is -0.456. The Hall–Kier alpha value is -3.26. The molecule has 0 fully saturated rings. The zero-order valence-corrected chi connectivity index (χ0v) is 17.7. The van der Waals surface area contributed by atoms with Gasteiger partial charge in [-0.25, -0.2) is 0 Å². The van der Waals surface area contributed by atoms with Crippen LogP contribution in [0.25, 0.3) is 6.08 Å². The van der Waals surface area contributed by atoms with Crippen molar-refractivity contribution in [3.63, 3.8) is 0 Å². The van der Waals surface area contributed by atoms with Crippen molar-refractivity contribution in [1.82, 2.24) is 0 Å². The lowest BCUT2D eigenvalue weighted by Crippen LogP contribution is -2.13. The summed E-state index contributed by atoms with van der Waals surface area (Å²) in [6.07, 6.45) is 1.54. The van der Waals surface area contributed by atoms with Crippen molar-refractivity contribution in [1.29, 1.82) is 5.26 Å². The lowest BCUT2D eigenvalue weighted by atomic mass is 10.1. The molecule has 0 unspecified atom stereocenters. The summed E-state index contributed by atoms with van der Waals surface area (Å²) in [6, 6.07) is 21.8. The first-order valence-electron chi connectivity index (χ1n) is 9.11. The molecule has 0 saturated carbocycles. The number of nitrogens with one attached hydrogen (secondary N) is 1. The first kappa shape index (κ1) is 21.4. The van der Waals surface area contributed by atoms with Crippen LogP contribution in [0.3, 0.4) is 0 Å². The van der Waals surface area contributed by atoms with E-state index >= 15 is 0 Å². The molecule has 30 heavy (non-hydrogen) atoms. The van der Waals surface area contributed by atoms with E-state index in [1.807, 2.05) is 37.3 Å². The molecule has 0 aliphatic carbocycles. The predicted molar refractivity (Wildman–Crippen MR) is 121 cm³/mol. The van der Waals surface area contributed by atoms with Gasteiger partial charge in [-0.1, -0.05) is 53.5 Å². The maximum absolute atomic E-state index is 12.4. The lowest BCUT2D eigenvalue weighted by molar-refractivity contribution is -0.112. The Bertz CT molecular complexity index is 1130. The predicted octanol–water partition coefficient (Wildman–Crippen LogP) is 6.43. The molecule has 6 heteroatoms. The van der Waals surface area contributed by atoms with E-state index in [1.54, 1.807) is 42.5 Å². The maximum Gasteiger partial charge on any atom is 0.266 e. The number of benzene rings is 3. The first-order chi connectivity index (χ1) is 14.4. The van der Waals surface area contributed by atoms with E-state index in [4.69, 9.17) is 27.9 Å². The molecule has 1 N–H and O–H groups in total. The lowest BCUT2D eigenvalue weighted by Gasteiger charge is -2.08. The first-order valence-corrected chi connectivity index (χ1v) is 9.87. The van der Waals surface area contributed by atoms with Crippen LogP contribution in [0.2, 0.25) is 10.0 Å². The highest BCUT2D eigenvalue weighted by Crippen LogP contribution is 2.24. The van der Waals surface area contributed by atoms with Crippen LogP contribution >= 0.6 is 23.2 Å². The second-order valence-electron chi connectivity index (χ2n) is 6.60. The Labute approximate surface area is 185 Å². The van der Waals surface area contributed by atoms with E-state index in [2.05, 4.69) is 5.32 Å². The van der Waals surface area contributed by atoms with E-state index < -0.39 is 5.91 Å². The standard InChI is InChI=1S/C24H18Cl2N2O2/c1-16-3-2-4-20(11-16)28-24(29)19(14-27)12-17-5-8-21(9-6-17)30-15-18-7-10-22(25)23(26)13-18/h2-13H,15H2,1H3,(H,28,29)/b19-12-. The summed E-state index contributed by atoms with van der Waals surface area (Å²) < 4.78 is 5.74. The van der Waals surface area contributed by atoms with Crippen LogP contribution < -0.4 is 10.1 Å². The van der Waals surface area contributed by atoms with Crippen LogP contribution in [0.4, 0.5) is 5.69 Å². The van der Waals surface area contributed by atoms with Gasteiger partial charge in [-0.2, -0.15) is 5.26 Å². The highest BCUT2D eigenvalue weighted by Gasteiger charge is 2.10. The van der Waals surface area contributed by atoms with E-state index in [1.165, 1.54) is 6.08 Å². The number of rotatable bonds is 6.